The second kappa shape index (κ2) is 4.77. The fraction of sp³-hybridized carbons (Fsp3) is 0. The van der Waals surface area contributed by atoms with Crippen LogP contribution in [0.15, 0.2) is 42.6 Å². The van der Waals surface area contributed by atoms with E-state index in [4.69, 9.17) is 16.3 Å². The van der Waals surface area contributed by atoms with Crippen LogP contribution in [0.5, 0.6) is 5.75 Å². The lowest BCUT2D eigenvalue weighted by Crippen LogP contribution is -2.08. The van der Waals surface area contributed by atoms with E-state index in [2.05, 4.69) is 11.2 Å². The Balaban J connectivity index is 2.15. The van der Waals surface area contributed by atoms with Crippen molar-refractivity contribution >= 4 is 17.6 Å². The lowest BCUT2D eigenvalue weighted by Gasteiger charge is -2.03. The average Bonchev–Trinajstić information content (AvgIpc) is 2.30. The number of hydrogen-bond donors (Lipinski definition) is 0. The first-order chi connectivity index (χ1) is 7.75. The van der Waals surface area contributed by atoms with Crippen LogP contribution in [0.4, 0.5) is 0 Å². The first-order valence-electron chi connectivity index (χ1n) is 4.55. The summed E-state index contributed by atoms with van der Waals surface area (Å²) in [5.74, 6) is -0.0536. The van der Waals surface area contributed by atoms with E-state index in [0.29, 0.717) is 16.3 Å². The Morgan fingerprint density at radius 2 is 2.25 bits per heavy atom. The summed E-state index contributed by atoms with van der Waals surface area (Å²) in [7, 11) is 0. The molecule has 1 aromatic heterocycles. The van der Waals surface area contributed by atoms with Gasteiger partial charge in [0.1, 0.15) is 5.75 Å². The molecular weight excluding hydrogens is 226 g/mol. The molecule has 0 amide bonds. The maximum atomic E-state index is 11.7. The molecule has 0 aliphatic heterocycles. The summed E-state index contributed by atoms with van der Waals surface area (Å²) >= 11 is 5.77. The van der Waals surface area contributed by atoms with Gasteiger partial charge in [-0.05, 0) is 24.3 Å². The zero-order chi connectivity index (χ0) is 11.4. The molecule has 1 heterocycles. The van der Waals surface area contributed by atoms with E-state index < -0.39 is 5.97 Å². The smallest absolute Gasteiger partial charge is 0.343 e. The van der Waals surface area contributed by atoms with E-state index in [1.165, 1.54) is 12.3 Å². The van der Waals surface area contributed by atoms with E-state index in [-0.39, 0.29) is 0 Å². The van der Waals surface area contributed by atoms with E-state index in [9.17, 15) is 4.79 Å². The fourth-order valence-corrected chi connectivity index (χ4v) is 1.34. The van der Waals surface area contributed by atoms with Crippen molar-refractivity contribution in [3.05, 3.63) is 59.4 Å². The van der Waals surface area contributed by atoms with Crippen molar-refractivity contribution in [1.82, 2.24) is 4.98 Å². The highest BCUT2D eigenvalue weighted by Gasteiger charge is 2.08. The van der Waals surface area contributed by atoms with E-state index in [1.807, 2.05) is 0 Å². The maximum absolute atomic E-state index is 11.7. The number of aromatic nitrogens is 1. The highest BCUT2D eigenvalue weighted by Crippen LogP contribution is 2.14. The molecule has 0 fully saturated rings. The first kappa shape index (κ1) is 10.6. The van der Waals surface area contributed by atoms with Gasteiger partial charge in [-0.15, -0.1) is 0 Å². The fourth-order valence-electron chi connectivity index (χ4n) is 1.15. The van der Waals surface area contributed by atoms with Gasteiger partial charge >= 0.3 is 5.97 Å². The molecular formula is C12H7ClNO2. The molecule has 0 aliphatic rings. The molecule has 1 radical (unpaired) electrons. The third-order valence-corrected chi connectivity index (χ3v) is 2.10. The molecule has 0 aliphatic carbocycles. The van der Waals surface area contributed by atoms with Gasteiger partial charge in [0.2, 0.25) is 0 Å². The lowest BCUT2D eigenvalue weighted by molar-refractivity contribution is 0.0734. The molecule has 0 bridgehead atoms. The van der Waals surface area contributed by atoms with Crippen molar-refractivity contribution in [2.45, 2.75) is 0 Å². The summed E-state index contributed by atoms with van der Waals surface area (Å²) < 4.78 is 5.09. The zero-order valence-electron chi connectivity index (χ0n) is 8.18. The third-order valence-electron chi connectivity index (χ3n) is 1.87. The topological polar surface area (TPSA) is 39.2 Å². The van der Waals surface area contributed by atoms with Gasteiger partial charge in [-0.3, -0.25) is 4.98 Å². The van der Waals surface area contributed by atoms with Gasteiger partial charge in [-0.1, -0.05) is 17.7 Å². The van der Waals surface area contributed by atoms with Gasteiger partial charge < -0.3 is 4.74 Å². The summed E-state index contributed by atoms with van der Waals surface area (Å²) in [6.07, 6.45) is 4.08. The summed E-state index contributed by atoms with van der Waals surface area (Å²) in [6, 6.07) is 9.64. The van der Waals surface area contributed by atoms with Crippen LogP contribution >= 0.6 is 11.6 Å². The van der Waals surface area contributed by atoms with Crippen molar-refractivity contribution in [2.24, 2.45) is 0 Å². The number of rotatable bonds is 2. The Kier molecular flexibility index (Phi) is 3.17. The Morgan fingerprint density at radius 3 is 2.94 bits per heavy atom. The average molecular weight is 233 g/mol. The summed E-state index contributed by atoms with van der Waals surface area (Å²) in [6.45, 7) is 0. The van der Waals surface area contributed by atoms with E-state index in [1.54, 1.807) is 30.3 Å². The maximum Gasteiger partial charge on any atom is 0.343 e. The number of halogens is 1. The standard InChI is InChI=1S/C12H7ClNO2/c13-10-3-1-2-9(8-10)12(15)16-11-4-6-14-7-5-11/h1-6,8H. The Morgan fingerprint density at radius 1 is 1.38 bits per heavy atom. The van der Waals surface area contributed by atoms with Crippen molar-refractivity contribution in [3.8, 4) is 5.75 Å². The lowest BCUT2D eigenvalue weighted by atomic mass is 10.2. The number of ether oxygens (including phenoxy) is 1. The molecule has 16 heavy (non-hydrogen) atoms. The number of carbonyl (C=O) groups is 1. The molecule has 0 spiro atoms. The second-order valence-corrected chi connectivity index (χ2v) is 3.46. The largest absolute Gasteiger partial charge is 0.423 e. The summed E-state index contributed by atoms with van der Waals surface area (Å²) in [4.78, 5) is 15.4. The van der Waals surface area contributed by atoms with Crippen LogP contribution in [0, 0.1) is 6.20 Å². The van der Waals surface area contributed by atoms with Gasteiger partial charge in [-0.25, -0.2) is 4.79 Å². The van der Waals surface area contributed by atoms with Crippen LogP contribution in [0.2, 0.25) is 5.02 Å². The van der Waals surface area contributed by atoms with Crippen LogP contribution in [0.3, 0.4) is 0 Å². The molecule has 2 rings (SSSR count). The van der Waals surface area contributed by atoms with Gasteiger partial charge in [0.05, 0.1) is 11.8 Å². The Labute approximate surface area is 97.7 Å². The number of pyridine rings is 1. The third kappa shape index (κ3) is 2.58. The van der Waals surface area contributed by atoms with Gasteiger partial charge in [0, 0.05) is 17.3 Å². The second-order valence-electron chi connectivity index (χ2n) is 3.02. The minimum Gasteiger partial charge on any atom is -0.423 e. The van der Waals surface area contributed by atoms with Crippen molar-refractivity contribution in [1.29, 1.82) is 0 Å². The molecule has 3 nitrogen and oxygen atoms in total. The molecule has 0 unspecified atom stereocenters. The number of carbonyl (C=O) groups excluding carboxylic acids is 1. The molecule has 0 N–H and O–H groups in total. The summed E-state index contributed by atoms with van der Waals surface area (Å²) in [5.41, 5.74) is 0.407. The molecule has 1 aromatic carbocycles. The van der Waals surface area contributed by atoms with Crippen LogP contribution < -0.4 is 4.74 Å². The normalized spacial score (nSPS) is 9.81. The first-order valence-corrected chi connectivity index (χ1v) is 4.93. The minimum absolute atomic E-state index is 0.403. The number of benzene rings is 1. The summed E-state index contributed by atoms with van der Waals surface area (Å²) in [5, 5.41) is 0.496. The minimum atomic E-state index is -0.456. The quantitative estimate of drug-likeness (QED) is 0.748. The Bertz CT molecular complexity index is 499. The van der Waals surface area contributed by atoms with Crippen molar-refractivity contribution in [2.75, 3.05) is 0 Å². The van der Waals surface area contributed by atoms with Crippen LogP contribution in [0.25, 0.3) is 0 Å². The number of nitrogens with zero attached hydrogens (tertiary/aromatic N) is 1. The van der Waals surface area contributed by atoms with Crippen molar-refractivity contribution in [3.63, 3.8) is 0 Å². The van der Waals surface area contributed by atoms with E-state index in [0.717, 1.165) is 0 Å². The highest BCUT2D eigenvalue weighted by atomic mass is 35.5. The van der Waals surface area contributed by atoms with Crippen LogP contribution in [-0.4, -0.2) is 11.0 Å². The monoisotopic (exact) mass is 232 g/mol. The molecule has 0 saturated carbocycles. The molecule has 0 atom stereocenters. The molecule has 0 saturated heterocycles. The van der Waals surface area contributed by atoms with Gasteiger partial charge in [-0.2, -0.15) is 0 Å². The SMILES string of the molecule is O=C(Oc1c[c]ncc1)c1cccc(Cl)c1. The number of esters is 1. The zero-order valence-corrected chi connectivity index (χ0v) is 8.94. The Hall–Kier alpha value is -1.87. The molecule has 4 heteroatoms. The van der Waals surface area contributed by atoms with Gasteiger partial charge in [0.15, 0.2) is 0 Å². The molecule has 79 valence electrons. The van der Waals surface area contributed by atoms with Gasteiger partial charge in [0.25, 0.3) is 0 Å². The highest BCUT2D eigenvalue weighted by molar-refractivity contribution is 6.30. The van der Waals surface area contributed by atoms with Crippen molar-refractivity contribution < 1.29 is 9.53 Å². The predicted molar refractivity (Wildman–Crippen MR) is 59.5 cm³/mol. The number of hydrogen-bond acceptors (Lipinski definition) is 3. The van der Waals surface area contributed by atoms with Crippen LogP contribution in [-0.2, 0) is 0 Å². The van der Waals surface area contributed by atoms with Crippen LogP contribution in [0.1, 0.15) is 10.4 Å². The van der Waals surface area contributed by atoms with E-state index >= 15 is 0 Å². The molecule has 2 aromatic rings. The predicted octanol–water partition coefficient (Wildman–Crippen LogP) is 2.75.